The highest BCUT2D eigenvalue weighted by Gasteiger charge is 2.15. The van der Waals surface area contributed by atoms with Gasteiger partial charge in [-0.05, 0) is 49.4 Å². The fourth-order valence-corrected chi connectivity index (χ4v) is 3.64. The molecule has 7 heteroatoms. The van der Waals surface area contributed by atoms with Crippen LogP contribution < -0.4 is 15.5 Å². The Morgan fingerprint density at radius 2 is 1.65 bits per heavy atom. The van der Waals surface area contributed by atoms with Gasteiger partial charge in [-0.1, -0.05) is 37.3 Å². The van der Waals surface area contributed by atoms with Crippen molar-refractivity contribution in [1.82, 2.24) is 15.1 Å². The van der Waals surface area contributed by atoms with Gasteiger partial charge in [0.1, 0.15) is 0 Å². The number of carbonyl (C=O) groups excluding carboxylic acids is 1. The fourth-order valence-electron chi connectivity index (χ4n) is 3.64. The lowest BCUT2D eigenvalue weighted by atomic mass is 10.1. The molecule has 0 radical (unpaired) electrons. The molecule has 1 aliphatic heterocycles. The number of nitrogens with one attached hydrogen (secondary N) is 2. The lowest BCUT2D eigenvalue weighted by Crippen LogP contribution is -2.44. The van der Waals surface area contributed by atoms with Gasteiger partial charge in [-0.3, -0.25) is 0 Å². The van der Waals surface area contributed by atoms with Gasteiger partial charge in [0.25, 0.3) is 0 Å². The summed E-state index contributed by atoms with van der Waals surface area (Å²) in [6.07, 6.45) is 0.861. The highest BCUT2D eigenvalue weighted by atomic mass is 16.2. The van der Waals surface area contributed by atoms with Gasteiger partial charge in [0.15, 0.2) is 5.82 Å². The quantitative estimate of drug-likeness (QED) is 0.655. The van der Waals surface area contributed by atoms with Crippen LogP contribution in [0, 0.1) is 0 Å². The van der Waals surface area contributed by atoms with Crippen LogP contribution in [0.5, 0.6) is 0 Å². The maximum Gasteiger partial charge on any atom is 0.323 e. The van der Waals surface area contributed by atoms with Crippen molar-refractivity contribution in [2.75, 3.05) is 48.8 Å². The van der Waals surface area contributed by atoms with Crippen molar-refractivity contribution in [3.8, 4) is 11.3 Å². The minimum absolute atomic E-state index is 0.259. The molecule has 0 unspecified atom stereocenters. The molecule has 0 spiro atoms. The third-order valence-corrected chi connectivity index (χ3v) is 5.56. The van der Waals surface area contributed by atoms with Gasteiger partial charge in [-0.15, -0.1) is 10.2 Å². The number of urea groups is 1. The molecule has 31 heavy (non-hydrogen) atoms. The predicted octanol–water partition coefficient (Wildman–Crippen LogP) is 4.10. The topological polar surface area (TPSA) is 73.4 Å². The van der Waals surface area contributed by atoms with Gasteiger partial charge in [-0.2, -0.15) is 0 Å². The summed E-state index contributed by atoms with van der Waals surface area (Å²) in [7, 11) is 2.14. The molecule has 3 aromatic rings. The Bertz CT molecular complexity index is 1010. The fraction of sp³-hybridized carbons (Fsp3) is 0.292. The molecule has 0 bridgehead atoms. The summed E-state index contributed by atoms with van der Waals surface area (Å²) in [6, 6.07) is 19.2. The summed E-state index contributed by atoms with van der Waals surface area (Å²) in [5, 5.41) is 14.6. The van der Waals surface area contributed by atoms with E-state index in [-0.39, 0.29) is 6.03 Å². The number of benzene rings is 2. The summed E-state index contributed by atoms with van der Waals surface area (Å²) in [4.78, 5) is 16.9. The molecule has 2 heterocycles. The van der Waals surface area contributed by atoms with Gasteiger partial charge in [0, 0.05) is 43.1 Å². The van der Waals surface area contributed by atoms with Crippen LogP contribution in [-0.4, -0.2) is 54.4 Å². The number of hydrogen-bond donors (Lipinski definition) is 2. The molecule has 2 aromatic carbocycles. The summed E-state index contributed by atoms with van der Waals surface area (Å²) in [5.41, 5.74) is 4.42. The Morgan fingerprint density at radius 1 is 0.903 bits per heavy atom. The van der Waals surface area contributed by atoms with Crippen molar-refractivity contribution in [3.63, 3.8) is 0 Å². The first-order valence-electron chi connectivity index (χ1n) is 10.7. The molecule has 1 saturated heterocycles. The zero-order valence-electron chi connectivity index (χ0n) is 18.0. The minimum Gasteiger partial charge on any atom is -0.353 e. The minimum atomic E-state index is -0.259. The number of amides is 2. The molecule has 0 saturated carbocycles. The molecule has 4 rings (SSSR count). The number of aromatic nitrogens is 2. The lowest BCUT2D eigenvalue weighted by Gasteiger charge is -2.32. The monoisotopic (exact) mass is 416 g/mol. The Balaban J connectivity index is 1.37. The van der Waals surface area contributed by atoms with Gasteiger partial charge in [-0.25, -0.2) is 4.79 Å². The number of para-hydroxylation sites is 1. The molecule has 2 N–H and O–H groups in total. The van der Waals surface area contributed by atoms with Crippen molar-refractivity contribution < 1.29 is 4.79 Å². The molecular formula is C24H28N6O. The summed E-state index contributed by atoms with van der Waals surface area (Å²) < 4.78 is 0. The first-order valence-corrected chi connectivity index (χ1v) is 10.7. The van der Waals surface area contributed by atoms with E-state index in [1.165, 1.54) is 0 Å². The molecule has 1 aliphatic rings. The molecule has 0 atom stereocenters. The van der Waals surface area contributed by atoms with E-state index < -0.39 is 0 Å². The Hall–Kier alpha value is -3.45. The van der Waals surface area contributed by atoms with Crippen LogP contribution in [0.15, 0.2) is 60.7 Å². The molecule has 0 aliphatic carbocycles. The standard InChI is InChI=1S/C24H28N6O/c1-3-18-6-4-5-7-21(18)26-24(31)25-20-10-8-19(9-11-20)22-12-13-23(28-27-22)30-16-14-29(2)15-17-30/h4-13H,3,14-17H2,1-2H3,(H2,25,26,31). The number of likely N-dealkylation sites (N-methyl/N-ethyl adjacent to an activating group) is 1. The van der Waals surface area contributed by atoms with E-state index >= 15 is 0 Å². The third-order valence-electron chi connectivity index (χ3n) is 5.56. The van der Waals surface area contributed by atoms with Crippen molar-refractivity contribution >= 4 is 23.2 Å². The smallest absolute Gasteiger partial charge is 0.323 e. The van der Waals surface area contributed by atoms with Crippen LogP contribution in [0.2, 0.25) is 0 Å². The van der Waals surface area contributed by atoms with Gasteiger partial charge in [0.05, 0.1) is 5.69 Å². The van der Waals surface area contributed by atoms with Crippen LogP contribution in [0.25, 0.3) is 11.3 Å². The van der Waals surface area contributed by atoms with E-state index in [0.29, 0.717) is 0 Å². The Kier molecular flexibility index (Phi) is 6.43. The molecule has 160 valence electrons. The summed E-state index contributed by atoms with van der Waals surface area (Å²) in [6.45, 7) is 6.08. The van der Waals surface area contributed by atoms with Gasteiger partial charge >= 0.3 is 6.03 Å². The zero-order chi connectivity index (χ0) is 21.6. The van der Waals surface area contributed by atoms with E-state index in [1.807, 2.05) is 60.7 Å². The van der Waals surface area contributed by atoms with Gasteiger partial charge in [0.2, 0.25) is 0 Å². The van der Waals surface area contributed by atoms with Crippen LogP contribution in [-0.2, 0) is 6.42 Å². The predicted molar refractivity (Wildman–Crippen MR) is 126 cm³/mol. The normalized spacial score (nSPS) is 14.3. The van der Waals surface area contributed by atoms with Crippen molar-refractivity contribution in [1.29, 1.82) is 0 Å². The number of piperazine rings is 1. The average Bonchev–Trinajstić information content (AvgIpc) is 2.80. The number of nitrogens with zero attached hydrogens (tertiary/aromatic N) is 4. The van der Waals surface area contributed by atoms with Crippen LogP contribution in [0.4, 0.5) is 22.0 Å². The Labute approximate surface area is 183 Å². The van der Waals surface area contributed by atoms with E-state index in [1.54, 1.807) is 0 Å². The lowest BCUT2D eigenvalue weighted by molar-refractivity contribution is 0.262. The molecular weight excluding hydrogens is 388 g/mol. The van der Waals surface area contributed by atoms with E-state index in [9.17, 15) is 4.79 Å². The molecule has 7 nitrogen and oxygen atoms in total. The van der Waals surface area contributed by atoms with E-state index in [0.717, 1.165) is 66.6 Å². The largest absolute Gasteiger partial charge is 0.353 e. The SMILES string of the molecule is CCc1ccccc1NC(=O)Nc1ccc(-c2ccc(N3CCN(C)CC3)nn2)cc1. The highest BCUT2D eigenvalue weighted by Crippen LogP contribution is 2.22. The molecule has 2 amide bonds. The maximum atomic E-state index is 12.4. The van der Waals surface area contributed by atoms with Crippen molar-refractivity contribution in [2.45, 2.75) is 13.3 Å². The molecule has 1 aromatic heterocycles. The third kappa shape index (κ3) is 5.19. The second-order valence-corrected chi connectivity index (χ2v) is 7.73. The number of aryl methyl sites for hydroxylation is 1. The summed E-state index contributed by atoms with van der Waals surface area (Å²) >= 11 is 0. The number of rotatable bonds is 5. The molecule has 1 fully saturated rings. The van der Waals surface area contributed by atoms with E-state index in [2.05, 4.69) is 44.6 Å². The van der Waals surface area contributed by atoms with Crippen LogP contribution >= 0.6 is 0 Å². The van der Waals surface area contributed by atoms with E-state index in [4.69, 9.17) is 0 Å². The summed E-state index contributed by atoms with van der Waals surface area (Å²) in [5.74, 6) is 0.916. The Morgan fingerprint density at radius 3 is 2.32 bits per heavy atom. The van der Waals surface area contributed by atoms with Crippen LogP contribution in [0.1, 0.15) is 12.5 Å². The first kappa shape index (κ1) is 20.8. The van der Waals surface area contributed by atoms with Crippen molar-refractivity contribution in [2.24, 2.45) is 0 Å². The number of carbonyl (C=O) groups is 1. The average molecular weight is 417 g/mol. The van der Waals surface area contributed by atoms with Crippen molar-refractivity contribution in [3.05, 3.63) is 66.2 Å². The maximum absolute atomic E-state index is 12.4. The van der Waals surface area contributed by atoms with Crippen LogP contribution in [0.3, 0.4) is 0 Å². The van der Waals surface area contributed by atoms with Gasteiger partial charge < -0.3 is 20.4 Å². The number of anilines is 3. The second kappa shape index (κ2) is 9.57. The first-order chi connectivity index (χ1) is 15.1. The number of hydrogen-bond acceptors (Lipinski definition) is 5. The highest BCUT2D eigenvalue weighted by molar-refractivity contribution is 6.00. The zero-order valence-corrected chi connectivity index (χ0v) is 18.0. The second-order valence-electron chi connectivity index (χ2n) is 7.73.